The first kappa shape index (κ1) is 16.4. The van der Waals surface area contributed by atoms with E-state index in [1.807, 2.05) is 12.1 Å². The van der Waals surface area contributed by atoms with Gasteiger partial charge in [0.1, 0.15) is 18.6 Å². The molecular weight excluding hydrogens is 334 g/mol. The van der Waals surface area contributed by atoms with E-state index < -0.39 is 5.41 Å². The Kier molecular flexibility index (Phi) is 4.20. The molecule has 1 saturated carbocycles. The van der Waals surface area contributed by atoms with Gasteiger partial charge in [0, 0.05) is 30.7 Å². The molecular formula is C19H19N3O4. The molecule has 1 aliphatic carbocycles. The third-order valence-corrected chi connectivity index (χ3v) is 4.60. The summed E-state index contributed by atoms with van der Waals surface area (Å²) in [4.78, 5) is 29.2. The van der Waals surface area contributed by atoms with Gasteiger partial charge in [-0.25, -0.2) is 0 Å². The molecule has 1 aliphatic heterocycles. The summed E-state index contributed by atoms with van der Waals surface area (Å²) < 4.78 is 11.0. The smallest absolute Gasteiger partial charge is 0.240 e. The van der Waals surface area contributed by atoms with E-state index in [1.165, 1.54) is 0 Å². The monoisotopic (exact) mass is 353 g/mol. The zero-order valence-corrected chi connectivity index (χ0v) is 14.2. The normalized spacial score (nSPS) is 16.5. The molecule has 0 radical (unpaired) electrons. The van der Waals surface area contributed by atoms with E-state index in [0.29, 0.717) is 49.8 Å². The topological polar surface area (TPSA) is 89.6 Å². The second-order valence-corrected chi connectivity index (χ2v) is 6.44. The van der Waals surface area contributed by atoms with Crippen LogP contribution in [0.1, 0.15) is 18.4 Å². The van der Waals surface area contributed by atoms with Crippen LogP contribution in [0.2, 0.25) is 0 Å². The number of hydrogen-bond acceptors (Lipinski definition) is 5. The standard InChI is InChI=1S/C19H19N3O4/c23-17(21-12-13-2-1-7-20-11-13)19(5-6-19)18(24)22-14-3-4-15-16(10-14)26-9-8-25-15/h1-4,7,10-11H,5-6,8-9,12H2,(H,21,23)(H,22,24). The lowest BCUT2D eigenvalue weighted by molar-refractivity contribution is -0.134. The van der Waals surface area contributed by atoms with Gasteiger partial charge in [-0.1, -0.05) is 6.07 Å². The van der Waals surface area contributed by atoms with Gasteiger partial charge in [0.25, 0.3) is 0 Å². The van der Waals surface area contributed by atoms with Crippen molar-refractivity contribution in [2.45, 2.75) is 19.4 Å². The minimum atomic E-state index is -0.991. The van der Waals surface area contributed by atoms with Crippen LogP contribution in [0.3, 0.4) is 0 Å². The van der Waals surface area contributed by atoms with Crippen LogP contribution in [0.25, 0.3) is 0 Å². The van der Waals surface area contributed by atoms with E-state index in [9.17, 15) is 9.59 Å². The molecule has 0 spiro atoms. The predicted octanol–water partition coefficient (Wildman–Crippen LogP) is 1.89. The van der Waals surface area contributed by atoms with E-state index in [4.69, 9.17) is 9.47 Å². The summed E-state index contributed by atoms with van der Waals surface area (Å²) in [7, 11) is 0. The molecule has 0 bridgehead atoms. The molecule has 1 aromatic carbocycles. The molecule has 7 heteroatoms. The third kappa shape index (κ3) is 3.20. The maximum absolute atomic E-state index is 12.7. The largest absolute Gasteiger partial charge is 0.486 e. The van der Waals surface area contributed by atoms with Crippen molar-refractivity contribution in [3.63, 3.8) is 0 Å². The molecule has 26 heavy (non-hydrogen) atoms. The third-order valence-electron chi connectivity index (χ3n) is 4.60. The highest BCUT2D eigenvalue weighted by molar-refractivity contribution is 6.13. The Morgan fingerprint density at radius 2 is 1.88 bits per heavy atom. The van der Waals surface area contributed by atoms with Gasteiger partial charge in [-0.15, -0.1) is 0 Å². The average molecular weight is 353 g/mol. The summed E-state index contributed by atoms with van der Waals surface area (Å²) in [6, 6.07) is 8.91. The van der Waals surface area contributed by atoms with Crippen LogP contribution in [0.4, 0.5) is 5.69 Å². The Morgan fingerprint density at radius 1 is 1.08 bits per heavy atom. The number of hydrogen-bond donors (Lipinski definition) is 2. The fourth-order valence-corrected chi connectivity index (χ4v) is 2.91. The lowest BCUT2D eigenvalue weighted by Crippen LogP contribution is -2.39. The van der Waals surface area contributed by atoms with E-state index in [1.54, 1.807) is 30.6 Å². The van der Waals surface area contributed by atoms with Gasteiger partial charge in [0.05, 0.1) is 0 Å². The quantitative estimate of drug-likeness (QED) is 0.801. The number of nitrogens with one attached hydrogen (secondary N) is 2. The van der Waals surface area contributed by atoms with E-state index in [0.717, 1.165) is 5.56 Å². The Balaban J connectivity index is 1.40. The fourth-order valence-electron chi connectivity index (χ4n) is 2.91. The first-order valence-electron chi connectivity index (χ1n) is 8.56. The molecule has 0 unspecified atom stereocenters. The van der Waals surface area contributed by atoms with Gasteiger partial charge in [-0.05, 0) is 36.6 Å². The summed E-state index contributed by atoms with van der Waals surface area (Å²) in [5, 5.41) is 5.66. The number of amides is 2. The lowest BCUT2D eigenvalue weighted by Gasteiger charge is -2.20. The second-order valence-electron chi connectivity index (χ2n) is 6.44. The van der Waals surface area contributed by atoms with Crippen molar-refractivity contribution in [2.75, 3.05) is 18.5 Å². The first-order chi connectivity index (χ1) is 12.7. The molecule has 7 nitrogen and oxygen atoms in total. The summed E-state index contributed by atoms with van der Waals surface area (Å²) in [6.45, 7) is 1.34. The van der Waals surface area contributed by atoms with Crippen molar-refractivity contribution in [2.24, 2.45) is 5.41 Å². The molecule has 0 atom stereocenters. The maximum Gasteiger partial charge on any atom is 0.240 e. The van der Waals surface area contributed by atoms with Crippen molar-refractivity contribution in [3.05, 3.63) is 48.3 Å². The van der Waals surface area contributed by atoms with Crippen molar-refractivity contribution in [1.29, 1.82) is 0 Å². The number of carbonyl (C=O) groups is 2. The molecule has 2 N–H and O–H groups in total. The summed E-state index contributed by atoms with van der Waals surface area (Å²) in [5.41, 5.74) is 0.490. The van der Waals surface area contributed by atoms with Crippen LogP contribution in [0.15, 0.2) is 42.7 Å². The van der Waals surface area contributed by atoms with Gasteiger partial charge >= 0.3 is 0 Å². The molecule has 2 heterocycles. The van der Waals surface area contributed by atoms with Crippen LogP contribution >= 0.6 is 0 Å². The number of aromatic nitrogens is 1. The highest BCUT2D eigenvalue weighted by Crippen LogP contribution is 2.47. The van der Waals surface area contributed by atoms with Gasteiger partial charge in [0.15, 0.2) is 11.5 Å². The molecule has 0 saturated heterocycles. The zero-order chi connectivity index (χ0) is 18.0. The average Bonchev–Trinajstić information content (AvgIpc) is 3.49. The van der Waals surface area contributed by atoms with E-state index in [-0.39, 0.29) is 11.8 Å². The molecule has 4 rings (SSSR count). The zero-order valence-electron chi connectivity index (χ0n) is 14.2. The maximum atomic E-state index is 12.7. The van der Waals surface area contributed by atoms with E-state index in [2.05, 4.69) is 15.6 Å². The molecule has 1 aromatic heterocycles. The highest BCUT2D eigenvalue weighted by atomic mass is 16.6. The van der Waals surface area contributed by atoms with E-state index >= 15 is 0 Å². The molecule has 134 valence electrons. The van der Waals surface area contributed by atoms with Crippen LogP contribution in [-0.4, -0.2) is 30.0 Å². The van der Waals surface area contributed by atoms with Crippen LogP contribution in [0, 0.1) is 5.41 Å². The number of rotatable bonds is 5. The number of anilines is 1. The van der Waals surface area contributed by atoms with Crippen molar-refractivity contribution in [3.8, 4) is 11.5 Å². The second kappa shape index (κ2) is 6.67. The van der Waals surface area contributed by atoms with Gasteiger partial charge in [-0.2, -0.15) is 0 Å². The number of pyridine rings is 1. The van der Waals surface area contributed by atoms with Gasteiger partial charge < -0.3 is 20.1 Å². The summed E-state index contributed by atoms with van der Waals surface area (Å²) in [6.07, 6.45) is 4.45. The number of carbonyl (C=O) groups excluding carboxylic acids is 2. The highest BCUT2D eigenvalue weighted by Gasteiger charge is 2.56. The first-order valence-corrected chi connectivity index (χ1v) is 8.56. The summed E-state index contributed by atoms with van der Waals surface area (Å²) in [5.74, 6) is 0.707. The number of benzene rings is 1. The van der Waals surface area contributed by atoms with Gasteiger partial charge in [-0.3, -0.25) is 14.6 Å². The minimum Gasteiger partial charge on any atom is -0.486 e. The lowest BCUT2D eigenvalue weighted by atomic mass is 10.0. The number of nitrogens with zero attached hydrogens (tertiary/aromatic N) is 1. The number of ether oxygens (including phenoxy) is 2. The van der Waals surface area contributed by atoms with Crippen molar-refractivity contribution in [1.82, 2.24) is 10.3 Å². The number of fused-ring (bicyclic) bond motifs is 1. The van der Waals surface area contributed by atoms with Crippen LogP contribution in [0.5, 0.6) is 11.5 Å². The molecule has 1 fully saturated rings. The SMILES string of the molecule is O=C(NCc1cccnc1)C1(C(=O)Nc2ccc3c(c2)OCCO3)CC1. The van der Waals surface area contributed by atoms with Gasteiger partial charge in [0.2, 0.25) is 11.8 Å². The molecule has 2 amide bonds. The van der Waals surface area contributed by atoms with Crippen LogP contribution in [-0.2, 0) is 16.1 Å². The summed E-state index contributed by atoms with van der Waals surface area (Å²) >= 11 is 0. The minimum absolute atomic E-state index is 0.253. The Morgan fingerprint density at radius 3 is 2.62 bits per heavy atom. The van der Waals surface area contributed by atoms with Crippen LogP contribution < -0.4 is 20.1 Å². The van der Waals surface area contributed by atoms with Crippen molar-refractivity contribution < 1.29 is 19.1 Å². The fraction of sp³-hybridized carbons (Fsp3) is 0.316. The molecule has 2 aromatic rings. The Bertz CT molecular complexity index is 834. The van der Waals surface area contributed by atoms with Crippen molar-refractivity contribution >= 4 is 17.5 Å². The predicted molar refractivity (Wildman–Crippen MR) is 93.8 cm³/mol. The molecule has 2 aliphatic rings. The Hall–Kier alpha value is -3.09. The Labute approximate surface area is 150 Å².